The summed E-state index contributed by atoms with van der Waals surface area (Å²) in [5.41, 5.74) is 6.18. The van der Waals surface area contributed by atoms with E-state index in [4.69, 9.17) is 4.74 Å². The number of fused-ring (bicyclic) bond motifs is 1. The van der Waals surface area contributed by atoms with Gasteiger partial charge in [0.05, 0.1) is 12.8 Å². The number of hydrogen-bond acceptors (Lipinski definition) is 6. The first kappa shape index (κ1) is 17.5. The molecule has 27 heavy (non-hydrogen) atoms. The number of thioether (sulfide) groups is 1. The first-order valence-electron chi connectivity index (χ1n) is 8.61. The van der Waals surface area contributed by atoms with E-state index in [9.17, 15) is 4.79 Å². The quantitative estimate of drug-likeness (QED) is 0.882. The molecule has 6 nitrogen and oxygen atoms in total. The van der Waals surface area contributed by atoms with Crippen molar-refractivity contribution in [2.75, 3.05) is 12.0 Å². The van der Waals surface area contributed by atoms with E-state index in [1.807, 2.05) is 35.4 Å². The summed E-state index contributed by atoms with van der Waals surface area (Å²) in [6.45, 7) is 2.07. The summed E-state index contributed by atoms with van der Waals surface area (Å²) in [7, 11) is 1.61. The fourth-order valence-electron chi connectivity index (χ4n) is 2.93. The fraction of sp³-hybridized carbons (Fsp3) is 0.200. The van der Waals surface area contributed by atoms with Gasteiger partial charge in [-0.2, -0.15) is 5.10 Å². The Morgan fingerprint density at radius 1 is 1.19 bits per heavy atom. The molecule has 2 aromatic rings. The number of methoxy groups -OCH3 is 1. The van der Waals surface area contributed by atoms with Crippen LogP contribution in [0.25, 0.3) is 0 Å². The van der Waals surface area contributed by atoms with Crippen LogP contribution < -0.4 is 15.1 Å². The Hall–Kier alpha value is -2.93. The van der Waals surface area contributed by atoms with Gasteiger partial charge in [0.1, 0.15) is 5.75 Å². The molecule has 4 rings (SSSR count). The minimum absolute atomic E-state index is 0.0829. The highest BCUT2D eigenvalue weighted by Crippen LogP contribution is 2.28. The predicted molar refractivity (Wildman–Crippen MR) is 108 cm³/mol. The Bertz CT molecular complexity index is 910. The third-order valence-corrected chi connectivity index (χ3v) is 5.49. The number of hydrogen-bond donors (Lipinski definition) is 1. The molecule has 0 spiro atoms. The van der Waals surface area contributed by atoms with E-state index in [-0.39, 0.29) is 5.91 Å². The molecule has 1 atom stereocenters. The van der Waals surface area contributed by atoms with Gasteiger partial charge in [-0.1, -0.05) is 47.7 Å². The van der Waals surface area contributed by atoms with Gasteiger partial charge in [0.25, 0.3) is 5.91 Å². The summed E-state index contributed by atoms with van der Waals surface area (Å²) in [5, 5.41) is 5.14. The molecule has 0 aliphatic carbocycles. The zero-order chi connectivity index (χ0) is 18.8. The molecule has 1 N–H and O–H groups in total. The van der Waals surface area contributed by atoms with E-state index in [1.54, 1.807) is 30.0 Å². The van der Waals surface area contributed by atoms with Crippen LogP contribution in [0, 0.1) is 6.92 Å². The second-order valence-corrected chi connectivity index (χ2v) is 7.26. The van der Waals surface area contributed by atoms with E-state index < -0.39 is 6.17 Å². The molecule has 1 amide bonds. The normalized spacial score (nSPS) is 18.2. The van der Waals surface area contributed by atoms with E-state index in [2.05, 4.69) is 41.7 Å². The number of amidine groups is 1. The first-order valence-corrected chi connectivity index (χ1v) is 9.59. The summed E-state index contributed by atoms with van der Waals surface area (Å²) in [5.74, 6) is 1.42. The number of hydrazone groups is 1. The lowest BCUT2D eigenvalue weighted by molar-refractivity contribution is -0.122. The highest BCUT2D eigenvalue weighted by molar-refractivity contribution is 8.13. The molecule has 2 aliphatic heterocycles. The van der Waals surface area contributed by atoms with Crippen molar-refractivity contribution in [2.45, 2.75) is 18.8 Å². The number of ether oxygens (including phenoxy) is 1. The first-order chi connectivity index (χ1) is 13.2. The molecule has 0 bridgehead atoms. The lowest BCUT2D eigenvalue weighted by Crippen LogP contribution is -2.52. The number of carbonyl (C=O) groups is 1. The van der Waals surface area contributed by atoms with Gasteiger partial charge in [0.15, 0.2) is 5.17 Å². The second-order valence-electron chi connectivity index (χ2n) is 6.32. The molecule has 2 heterocycles. The lowest BCUT2D eigenvalue weighted by Gasteiger charge is -2.32. The van der Waals surface area contributed by atoms with E-state index in [0.29, 0.717) is 5.75 Å². The maximum absolute atomic E-state index is 12.9. The number of amides is 1. The van der Waals surface area contributed by atoms with Gasteiger partial charge in [0.2, 0.25) is 6.17 Å². The topological polar surface area (TPSA) is 57.2 Å². The number of benzene rings is 2. The maximum atomic E-state index is 12.9. The number of nitrogens with one attached hydrogen (secondary N) is 1. The zero-order valence-corrected chi connectivity index (χ0v) is 15.9. The number of nitrogens with zero attached hydrogens (tertiary/aromatic N) is 3. The fourth-order valence-corrected chi connectivity index (χ4v) is 3.85. The maximum Gasteiger partial charge on any atom is 0.276 e. The number of aryl methyl sites for hydroxylation is 1. The van der Waals surface area contributed by atoms with Gasteiger partial charge in [0, 0.05) is 24.2 Å². The molecule has 7 heteroatoms. The average Bonchev–Trinajstić information content (AvgIpc) is 3.12. The van der Waals surface area contributed by atoms with E-state index in [1.165, 1.54) is 11.1 Å². The van der Waals surface area contributed by atoms with E-state index >= 15 is 0 Å². The molecule has 0 fully saturated rings. The standard InChI is InChI=1S/C20H20N4O2S/c1-14-6-8-15(9-7-14)13-27-20-22-21-18-19(25)23(10-11-24(18)20)16-4-3-5-17(12-16)26-2/h3-12,18,21H,13H2,1-2H3. The molecule has 1 unspecified atom stereocenters. The van der Waals surface area contributed by atoms with Crippen molar-refractivity contribution in [1.29, 1.82) is 0 Å². The van der Waals surface area contributed by atoms with Crippen molar-refractivity contribution >= 4 is 28.5 Å². The number of rotatable bonds is 4. The van der Waals surface area contributed by atoms with Gasteiger partial charge >= 0.3 is 0 Å². The predicted octanol–water partition coefficient (Wildman–Crippen LogP) is 3.26. The number of carbonyl (C=O) groups excluding carboxylic acids is 1. The molecule has 0 aromatic heterocycles. The minimum Gasteiger partial charge on any atom is -0.497 e. The van der Waals surface area contributed by atoms with Crippen LogP contribution in [-0.2, 0) is 10.5 Å². The zero-order valence-electron chi connectivity index (χ0n) is 15.1. The summed E-state index contributed by atoms with van der Waals surface area (Å²) in [6, 6.07) is 15.9. The molecule has 0 saturated carbocycles. The number of anilines is 1. The van der Waals surface area contributed by atoms with Crippen molar-refractivity contribution in [3.8, 4) is 5.75 Å². The van der Waals surface area contributed by atoms with Gasteiger partial charge < -0.3 is 4.74 Å². The smallest absolute Gasteiger partial charge is 0.276 e. The Morgan fingerprint density at radius 3 is 2.78 bits per heavy atom. The van der Waals surface area contributed by atoms with Crippen LogP contribution in [0.1, 0.15) is 11.1 Å². The SMILES string of the molecule is COc1cccc(N2C=CN3C(SCc4ccc(C)cc4)=NNC3C2=O)c1. The van der Waals surface area contributed by atoms with Gasteiger partial charge in [-0.15, -0.1) is 0 Å². The monoisotopic (exact) mass is 380 g/mol. The summed E-state index contributed by atoms with van der Waals surface area (Å²) in [6.07, 6.45) is 3.12. The molecule has 138 valence electrons. The van der Waals surface area contributed by atoms with Crippen LogP contribution in [0.15, 0.2) is 66.0 Å². The highest BCUT2D eigenvalue weighted by Gasteiger charge is 2.38. The largest absolute Gasteiger partial charge is 0.497 e. The second kappa shape index (κ2) is 7.36. The minimum atomic E-state index is -0.526. The van der Waals surface area contributed by atoms with Crippen molar-refractivity contribution < 1.29 is 9.53 Å². The molecular weight excluding hydrogens is 360 g/mol. The Morgan fingerprint density at radius 2 is 2.00 bits per heavy atom. The van der Waals surface area contributed by atoms with Crippen LogP contribution in [0.3, 0.4) is 0 Å². The molecular formula is C20H20N4O2S. The summed E-state index contributed by atoms with van der Waals surface area (Å²) < 4.78 is 5.25. The van der Waals surface area contributed by atoms with Crippen LogP contribution in [0.2, 0.25) is 0 Å². The third kappa shape index (κ3) is 3.50. The molecule has 0 saturated heterocycles. The molecule has 2 aliphatic rings. The van der Waals surface area contributed by atoms with Crippen LogP contribution in [0.5, 0.6) is 5.75 Å². The van der Waals surface area contributed by atoms with Crippen LogP contribution in [-0.4, -0.2) is 29.3 Å². The summed E-state index contributed by atoms with van der Waals surface area (Å²) in [4.78, 5) is 16.4. The van der Waals surface area contributed by atoms with Gasteiger partial charge in [-0.05, 0) is 24.6 Å². The van der Waals surface area contributed by atoms with Crippen molar-refractivity contribution in [3.63, 3.8) is 0 Å². The van der Waals surface area contributed by atoms with Gasteiger partial charge in [-0.3, -0.25) is 20.0 Å². The highest BCUT2D eigenvalue weighted by atomic mass is 32.2. The van der Waals surface area contributed by atoms with Crippen molar-refractivity contribution in [3.05, 3.63) is 72.1 Å². The molecule has 2 aromatic carbocycles. The van der Waals surface area contributed by atoms with Crippen LogP contribution >= 0.6 is 11.8 Å². The van der Waals surface area contributed by atoms with Gasteiger partial charge in [-0.25, -0.2) is 0 Å². The van der Waals surface area contributed by atoms with Crippen molar-refractivity contribution in [1.82, 2.24) is 10.3 Å². The third-order valence-electron chi connectivity index (χ3n) is 4.45. The average molecular weight is 380 g/mol. The van der Waals surface area contributed by atoms with Crippen molar-refractivity contribution in [2.24, 2.45) is 5.10 Å². The Balaban J connectivity index is 1.47. The Labute approximate surface area is 162 Å². The molecule has 0 radical (unpaired) electrons. The lowest BCUT2D eigenvalue weighted by atomic mass is 10.2. The Kier molecular flexibility index (Phi) is 4.77. The van der Waals surface area contributed by atoms with E-state index in [0.717, 1.165) is 16.6 Å². The van der Waals surface area contributed by atoms with Crippen LogP contribution in [0.4, 0.5) is 5.69 Å². The summed E-state index contributed by atoms with van der Waals surface area (Å²) >= 11 is 1.61.